The monoisotopic (exact) mass is 451 g/mol. The number of nitrogens with zero attached hydrogens (tertiary/aromatic N) is 2. The summed E-state index contributed by atoms with van der Waals surface area (Å²) in [4.78, 5) is 23.7. The summed E-state index contributed by atoms with van der Waals surface area (Å²) in [6.07, 6.45) is 2.02. The Bertz CT molecular complexity index is 1310. The van der Waals surface area contributed by atoms with Crippen molar-refractivity contribution in [1.29, 1.82) is 0 Å². The molecule has 170 valence electrons. The van der Waals surface area contributed by atoms with Gasteiger partial charge in [0.15, 0.2) is 0 Å². The van der Waals surface area contributed by atoms with Gasteiger partial charge in [0.25, 0.3) is 0 Å². The topological polar surface area (TPSA) is 72.7 Å². The molecular weight excluding hydrogens is 426 g/mol. The lowest BCUT2D eigenvalue weighted by molar-refractivity contribution is -0.120. The standard InChI is InChI=1S/C28H25N3O3/c1-3-26(32)30-29-19-23-18-25(20-10-6-4-7-11-20)31(27(23)21-12-8-5-9-13-21)24-16-14-22(15-17-24)28(33)34-2/h4-19H,3H2,1-2H3,(H,30,32)/b29-19+. The molecular formula is C28H25N3O3. The van der Waals surface area contributed by atoms with Crippen LogP contribution in [-0.2, 0) is 9.53 Å². The van der Waals surface area contributed by atoms with Gasteiger partial charge in [-0.3, -0.25) is 4.79 Å². The number of ether oxygens (including phenoxy) is 1. The largest absolute Gasteiger partial charge is 0.465 e. The first-order valence-electron chi connectivity index (χ1n) is 11.0. The van der Waals surface area contributed by atoms with E-state index in [4.69, 9.17) is 4.74 Å². The smallest absolute Gasteiger partial charge is 0.337 e. The van der Waals surface area contributed by atoms with Crippen molar-refractivity contribution >= 4 is 18.1 Å². The molecule has 0 aliphatic rings. The molecule has 0 atom stereocenters. The van der Waals surface area contributed by atoms with Gasteiger partial charge in [-0.1, -0.05) is 67.6 Å². The zero-order valence-electron chi connectivity index (χ0n) is 19.1. The molecule has 0 saturated carbocycles. The first-order valence-corrected chi connectivity index (χ1v) is 11.0. The van der Waals surface area contributed by atoms with Crippen LogP contribution in [0.5, 0.6) is 0 Å². The third-order valence-electron chi connectivity index (χ3n) is 5.41. The van der Waals surface area contributed by atoms with E-state index in [9.17, 15) is 9.59 Å². The summed E-state index contributed by atoms with van der Waals surface area (Å²) >= 11 is 0. The van der Waals surface area contributed by atoms with Gasteiger partial charge >= 0.3 is 5.97 Å². The molecule has 0 aliphatic heterocycles. The fourth-order valence-corrected chi connectivity index (χ4v) is 3.73. The Morgan fingerprint density at radius 2 is 1.53 bits per heavy atom. The summed E-state index contributed by atoms with van der Waals surface area (Å²) in [5.41, 5.74) is 8.65. The molecule has 6 nitrogen and oxygen atoms in total. The van der Waals surface area contributed by atoms with Crippen molar-refractivity contribution in [3.05, 3.63) is 102 Å². The van der Waals surface area contributed by atoms with Crippen molar-refractivity contribution in [2.24, 2.45) is 5.10 Å². The maximum absolute atomic E-state index is 12.0. The Kier molecular flexibility index (Phi) is 6.98. The van der Waals surface area contributed by atoms with Gasteiger partial charge in [0.05, 0.1) is 30.3 Å². The Labute approximate surface area is 198 Å². The molecule has 0 saturated heterocycles. The molecule has 4 aromatic rings. The van der Waals surface area contributed by atoms with Crippen LogP contribution in [-0.4, -0.2) is 29.8 Å². The molecule has 1 N–H and O–H groups in total. The molecule has 4 rings (SSSR count). The number of hydrogen-bond donors (Lipinski definition) is 1. The van der Waals surface area contributed by atoms with Crippen molar-refractivity contribution in [2.45, 2.75) is 13.3 Å². The zero-order valence-corrected chi connectivity index (χ0v) is 19.1. The Balaban J connectivity index is 1.94. The lowest BCUT2D eigenvalue weighted by atomic mass is 10.1. The van der Waals surface area contributed by atoms with Crippen LogP contribution in [0.2, 0.25) is 0 Å². The third-order valence-corrected chi connectivity index (χ3v) is 5.41. The first kappa shape index (κ1) is 22.7. The number of benzene rings is 3. The first-order chi connectivity index (χ1) is 16.6. The lowest BCUT2D eigenvalue weighted by Gasteiger charge is -2.15. The highest BCUT2D eigenvalue weighted by Gasteiger charge is 2.19. The summed E-state index contributed by atoms with van der Waals surface area (Å²) < 4.78 is 6.98. The van der Waals surface area contributed by atoms with Crippen LogP contribution in [0.15, 0.2) is 96.1 Å². The van der Waals surface area contributed by atoms with E-state index in [0.717, 1.165) is 33.8 Å². The van der Waals surface area contributed by atoms with Gasteiger partial charge in [-0.25, -0.2) is 10.2 Å². The second-order valence-electron chi connectivity index (χ2n) is 7.59. The highest BCUT2D eigenvalue weighted by Crippen LogP contribution is 2.35. The quantitative estimate of drug-likeness (QED) is 0.230. The van der Waals surface area contributed by atoms with Gasteiger partial charge in [0.1, 0.15) is 0 Å². The molecule has 1 aromatic heterocycles. The maximum Gasteiger partial charge on any atom is 0.337 e. The number of amides is 1. The predicted molar refractivity (Wildman–Crippen MR) is 134 cm³/mol. The average Bonchev–Trinajstić information content (AvgIpc) is 3.28. The Morgan fingerprint density at radius 3 is 2.12 bits per heavy atom. The van der Waals surface area contributed by atoms with E-state index >= 15 is 0 Å². The van der Waals surface area contributed by atoms with Crippen molar-refractivity contribution in [2.75, 3.05) is 7.11 Å². The van der Waals surface area contributed by atoms with Crippen LogP contribution in [0.3, 0.4) is 0 Å². The normalized spacial score (nSPS) is 10.9. The summed E-state index contributed by atoms with van der Waals surface area (Å²) in [5, 5.41) is 4.19. The molecule has 34 heavy (non-hydrogen) atoms. The second-order valence-corrected chi connectivity index (χ2v) is 7.59. The SMILES string of the molecule is CCC(=O)N/N=C/c1cc(-c2ccccc2)n(-c2ccc(C(=O)OC)cc2)c1-c1ccccc1. The van der Waals surface area contributed by atoms with Crippen LogP contribution in [0, 0.1) is 0 Å². The minimum absolute atomic E-state index is 0.154. The van der Waals surface area contributed by atoms with Gasteiger partial charge in [0.2, 0.25) is 5.91 Å². The predicted octanol–water partition coefficient (Wildman–Crippen LogP) is 5.46. The van der Waals surface area contributed by atoms with E-state index in [-0.39, 0.29) is 11.9 Å². The molecule has 0 radical (unpaired) electrons. The second kappa shape index (κ2) is 10.4. The molecule has 0 unspecified atom stereocenters. The summed E-state index contributed by atoms with van der Waals surface area (Å²) in [6, 6.07) is 29.4. The highest BCUT2D eigenvalue weighted by atomic mass is 16.5. The Hall–Kier alpha value is -4.45. The third kappa shape index (κ3) is 4.81. The van der Waals surface area contributed by atoms with Gasteiger partial charge in [-0.2, -0.15) is 5.10 Å². The van der Waals surface area contributed by atoms with Gasteiger partial charge in [0, 0.05) is 17.7 Å². The number of methoxy groups -OCH3 is 1. The summed E-state index contributed by atoms with van der Waals surface area (Å²) in [6.45, 7) is 1.78. The molecule has 0 spiro atoms. The molecule has 6 heteroatoms. The molecule has 1 heterocycles. The maximum atomic E-state index is 12.0. The van der Waals surface area contributed by atoms with E-state index in [1.165, 1.54) is 7.11 Å². The number of nitrogens with one attached hydrogen (secondary N) is 1. The van der Waals surface area contributed by atoms with Crippen LogP contribution >= 0.6 is 0 Å². The van der Waals surface area contributed by atoms with Crippen LogP contribution in [0.4, 0.5) is 0 Å². The van der Waals surface area contributed by atoms with E-state index in [1.54, 1.807) is 25.3 Å². The number of hydrogen-bond acceptors (Lipinski definition) is 4. The Morgan fingerprint density at radius 1 is 0.912 bits per heavy atom. The van der Waals surface area contributed by atoms with E-state index in [1.807, 2.05) is 78.9 Å². The van der Waals surface area contributed by atoms with Crippen LogP contribution in [0.25, 0.3) is 28.2 Å². The molecule has 0 fully saturated rings. The minimum Gasteiger partial charge on any atom is -0.465 e. The van der Waals surface area contributed by atoms with Crippen LogP contribution in [0.1, 0.15) is 29.3 Å². The minimum atomic E-state index is -0.384. The highest BCUT2D eigenvalue weighted by molar-refractivity contribution is 5.94. The molecule has 0 aliphatic carbocycles. The number of hydrazone groups is 1. The lowest BCUT2D eigenvalue weighted by Crippen LogP contribution is -2.15. The van der Waals surface area contributed by atoms with Gasteiger partial charge in [-0.15, -0.1) is 0 Å². The number of aromatic nitrogens is 1. The summed E-state index contributed by atoms with van der Waals surface area (Å²) in [7, 11) is 1.37. The number of carbonyl (C=O) groups excluding carboxylic acids is 2. The van der Waals surface area contributed by atoms with Gasteiger partial charge < -0.3 is 9.30 Å². The van der Waals surface area contributed by atoms with Crippen molar-refractivity contribution in [3.63, 3.8) is 0 Å². The fourth-order valence-electron chi connectivity index (χ4n) is 3.73. The number of rotatable bonds is 7. The molecule has 1 amide bonds. The van der Waals surface area contributed by atoms with E-state index < -0.39 is 0 Å². The van der Waals surface area contributed by atoms with E-state index in [2.05, 4.69) is 15.1 Å². The van der Waals surface area contributed by atoms with Crippen molar-refractivity contribution < 1.29 is 14.3 Å². The van der Waals surface area contributed by atoms with Crippen molar-refractivity contribution in [3.8, 4) is 28.2 Å². The van der Waals surface area contributed by atoms with Gasteiger partial charge in [-0.05, 0) is 41.5 Å². The fraction of sp³-hybridized carbons (Fsp3) is 0.107. The van der Waals surface area contributed by atoms with E-state index in [0.29, 0.717) is 12.0 Å². The molecule has 0 bridgehead atoms. The number of esters is 1. The number of carbonyl (C=O) groups is 2. The molecule has 3 aromatic carbocycles. The summed E-state index contributed by atoms with van der Waals surface area (Å²) in [5.74, 6) is -0.538. The average molecular weight is 452 g/mol. The zero-order chi connectivity index (χ0) is 23.9. The van der Waals surface area contributed by atoms with Crippen molar-refractivity contribution in [1.82, 2.24) is 9.99 Å². The van der Waals surface area contributed by atoms with Crippen LogP contribution < -0.4 is 5.43 Å².